The van der Waals surface area contributed by atoms with Crippen molar-refractivity contribution in [1.82, 2.24) is 4.72 Å². The third kappa shape index (κ3) is 4.12. The summed E-state index contributed by atoms with van der Waals surface area (Å²) in [5, 5.41) is 2.57. The molecule has 0 aliphatic heterocycles. The van der Waals surface area contributed by atoms with Crippen molar-refractivity contribution in [3.05, 3.63) is 24.3 Å². The van der Waals surface area contributed by atoms with Gasteiger partial charge < -0.3 is 10.1 Å². The lowest BCUT2D eigenvalue weighted by Crippen LogP contribution is -2.55. The van der Waals surface area contributed by atoms with Gasteiger partial charge in [-0.25, -0.2) is 8.42 Å². The zero-order valence-corrected chi connectivity index (χ0v) is 14.6. The molecule has 2 rings (SSSR count). The maximum Gasteiger partial charge on any atom is 0.327 e. The lowest BCUT2D eigenvalue weighted by atomic mass is 9.83. The van der Waals surface area contributed by atoms with Gasteiger partial charge in [-0.3, -0.25) is 9.59 Å². The molecule has 1 aromatic carbocycles. The van der Waals surface area contributed by atoms with Crippen molar-refractivity contribution in [2.45, 2.75) is 49.5 Å². The van der Waals surface area contributed by atoms with Crippen LogP contribution in [0.1, 0.15) is 39.0 Å². The standard InChI is InChI=1S/C16H22N2O5S/c1-12(19)17-13-6-8-14(9-7-13)24(21,22)18-16(15(20)23-2)10-4-3-5-11-16/h6-9,18H,3-5,10-11H2,1-2H3,(H,17,19). The first-order chi connectivity index (χ1) is 11.3. The third-order valence-corrected chi connectivity index (χ3v) is 5.65. The molecular formula is C16H22N2O5S. The van der Waals surface area contributed by atoms with E-state index in [-0.39, 0.29) is 10.8 Å². The van der Waals surface area contributed by atoms with Crippen LogP contribution in [0.2, 0.25) is 0 Å². The number of amides is 1. The van der Waals surface area contributed by atoms with Gasteiger partial charge in [-0.05, 0) is 37.1 Å². The summed E-state index contributed by atoms with van der Waals surface area (Å²) in [6.07, 6.45) is 3.33. The number of sulfonamides is 1. The summed E-state index contributed by atoms with van der Waals surface area (Å²) in [5.41, 5.74) is -0.705. The van der Waals surface area contributed by atoms with Gasteiger partial charge in [-0.2, -0.15) is 4.72 Å². The predicted molar refractivity (Wildman–Crippen MR) is 88.9 cm³/mol. The number of hydrogen-bond donors (Lipinski definition) is 2. The Balaban J connectivity index is 2.25. The van der Waals surface area contributed by atoms with E-state index >= 15 is 0 Å². The Labute approximate surface area is 141 Å². The van der Waals surface area contributed by atoms with Crippen molar-refractivity contribution in [2.75, 3.05) is 12.4 Å². The topological polar surface area (TPSA) is 102 Å². The first kappa shape index (κ1) is 18.4. The molecule has 24 heavy (non-hydrogen) atoms. The molecule has 8 heteroatoms. The van der Waals surface area contributed by atoms with Crippen molar-refractivity contribution in [2.24, 2.45) is 0 Å². The van der Waals surface area contributed by atoms with E-state index in [1.54, 1.807) is 0 Å². The Morgan fingerprint density at radius 2 is 1.67 bits per heavy atom. The number of rotatable bonds is 5. The molecule has 0 atom stereocenters. The molecule has 1 amide bonds. The lowest BCUT2D eigenvalue weighted by Gasteiger charge is -2.34. The molecular weight excluding hydrogens is 332 g/mol. The predicted octanol–water partition coefficient (Wildman–Crippen LogP) is 1.80. The van der Waals surface area contributed by atoms with Crippen LogP contribution in [-0.4, -0.2) is 32.9 Å². The number of hydrogen-bond acceptors (Lipinski definition) is 5. The van der Waals surface area contributed by atoms with E-state index in [1.165, 1.54) is 38.3 Å². The molecule has 0 heterocycles. The fourth-order valence-electron chi connectivity index (χ4n) is 2.94. The summed E-state index contributed by atoms with van der Waals surface area (Å²) >= 11 is 0. The third-order valence-electron chi connectivity index (χ3n) is 4.10. The van der Waals surface area contributed by atoms with Gasteiger partial charge in [0.15, 0.2) is 0 Å². The molecule has 1 aliphatic rings. The van der Waals surface area contributed by atoms with Crippen molar-refractivity contribution >= 4 is 27.6 Å². The molecule has 132 valence electrons. The van der Waals surface area contributed by atoms with Crippen LogP contribution in [0, 0.1) is 0 Å². The highest BCUT2D eigenvalue weighted by Crippen LogP contribution is 2.31. The second-order valence-electron chi connectivity index (χ2n) is 5.95. The van der Waals surface area contributed by atoms with Gasteiger partial charge in [0.1, 0.15) is 5.54 Å². The van der Waals surface area contributed by atoms with Gasteiger partial charge in [-0.15, -0.1) is 0 Å². The van der Waals surface area contributed by atoms with E-state index < -0.39 is 21.5 Å². The highest BCUT2D eigenvalue weighted by molar-refractivity contribution is 7.89. The molecule has 0 bridgehead atoms. The summed E-state index contributed by atoms with van der Waals surface area (Å²) in [5.74, 6) is -0.795. The quantitative estimate of drug-likeness (QED) is 0.785. The van der Waals surface area contributed by atoms with Gasteiger partial charge in [0.2, 0.25) is 15.9 Å². The van der Waals surface area contributed by atoms with Crippen LogP contribution in [0.15, 0.2) is 29.2 Å². The van der Waals surface area contributed by atoms with Crippen molar-refractivity contribution in [3.63, 3.8) is 0 Å². The van der Waals surface area contributed by atoms with Gasteiger partial charge in [-0.1, -0.05) is 19.3 Å². The number of carbonyl (C=O) groups excluding carboxylic acids is 2. The minimum absolute atomic E-state index is 0.0328. The Morgan fingerprint density at radius 1 is 1.08 bits per heavy atom. The van der Waals surface area contributed by atoms with Crippen LogP contribution >= 0.6 is 0 Å². The highest BCUT2D eigenvalue weighted by atomic mass is 32.2. The molecule has 1 aliphatic carbocycles. The smallest absolute Gasteiger partial charge is 0.327 e. The zero-order chi connectivity index (χ0) is 17.8. The molecule has 1 aromatic rings. The van der Waals surface area contributed by atoms with Gasteiger partial charge in [0, 0.05) is 12.6 Å². The minimum atomic E-state index is -3.88. The molecule has 0 aromatic heterocycles. The normalized spacial score (nSPS) is 17.1. The SMILES string of the molecule is COC(=O)C1(NS(=O)(=O)c2ccc(NC(C)=O)cc2)CCCCC1. The minimum Gasteiger partial charge on any atom is -0.468 e. The van der Waals surface area contributed by atoms with Crippen LogP contribution in [0.3, 0.4) is 0 Å². The molecule has 0 saturated heterocycles. The van der Waals surface area contributed by atoms with Gasteiger partial charge in [0.05, 0.1) is 12.0 Å². The number of carbonyl (C=O) groups is 2. The summed E-state index contributed by atoms with van der Waals surface area (Å²) in [6, 6.07) is 5.78. The lowest BCUT2D eigenvalue weighted by molar-refractivity contribution is -0.149. The molecule has 7 nitrogen and oxygen atoms in total. The Kier molecular flexibility index (Phi) is 5.61. The maximum absolute atomic E-state index is 12.7. The number of nitrogens with one attached hydrogen (secondary N) is 2. The van der Waals surface area contributed by atoms with Crippen molar-refractivity contribution in [1.29, 1.82) is 0 Å². The maximum atomic E-state index is 12.7. The molecule has 0 radical (unpaired) electrons. The Bertz CT molecular complexity index is 706. The molecule has 2 N–H and O–H groups in total. The largest absolute Gasteiger partial charge is 0.468 e. The average molecular weight is 354 g/mol. The number of anilines is 1. The first-order valence-electron chi connectivity index (χ1n) is 7.79. The zero-order valence-electron chi connectivity index (χ0n) is 13.8. The van der Waals surface area contributed by atoms with E-state index in [1.807, 2.05) is 0 Å². The number of methoxy groups -OCH3 is 1. The number of ether oxygens (including phenoxy) is 1. The molecule has 1 saturated carbocycles. The highest BCUT2D eigenvalue weighted by Gasteiger charge is 2.44. The number of esters is 1. The van der Waals surface area contributed by atoms with Gasteiger partial charge >= 0.3 is 5.97 Å². The second-order valence-corrected chi connectivity index (χ2v) is 7.63. The van der Waals surface area contributed by atoms with E-state index in [0.717, 1.165) is 19.3 Å². The van der Waals surface area contributed by atoms with E-state index in [9.17, 15) is 18.0 Å². The van der Waals surface area contributed by atoms with Crippen molar-refractivity contribution < 1.29 is 22.7 Å². The van der Waals surface area contributed by atoms with Crippen LogP contribution in [0.25, 0.3) is 0 Å². The van der Waals surface area contributed by atoms with Crippen LogP contribution in [-0.2, 0) is 24.3 Å². The molecule has 0 unspecified atom stereocenters. The van der Waals surface area contributed by atoms with Gasteiger partial charge in [0.25, 0.3) is 0 Å². The average Bonchev–Trinajstić information content (AvgIpc) is 2.54. The van der Waals surface area contributed by atoms with E-state index in [4.69, 9.17) is 4.74 Å². The summed E-state index contributed by atoms with van der Waals surface area (Å²) < 4.78 is 32.7. The van der Waals surface area contributed by atoms with Crippen LogP contribution in [0.4, 0.5) is 5.69 Å². The fraction of sp³-hybridized carbons (Fsp3) is 0.500. The van der Waals surface area contributed by atoms with E-state index in [2.05, 4.69) is 10.0 Å². The monoisotopic (exact) mass is 354 g/mol. The fourth-order valence-corrected chi connectivity index (χ4v) is 4.35. The van der Waals surface area contributed by atoms with E-state index in [0.29, 0.717) is 18.5 Å². The summed E-state index contributed by atoms with van der Waals surface area (Å²) in [7, 11) is -2.62. The molecule has 0 spiro atoms. The summed E-state index contributed by atoms with van der Waals surface area (Å²) in [6.45, 7) is 1.37. The van der Waals surface area contributed by atoms with Crippen molar-refractivity contribution in [3.8, 4) is 0 Å². The molecule has 1 fully saturated rings. The number of benzene rings is 1. The summed E-state index contributed by atoms with van der Waals surface area (Å²) in [4.78, 5) is 23.2. The Hall–Kier alpha value is -1.93. The Morgan fingerprint density at radius 3 is 2.17 bits per heavy atom. The van der Waals surface area contributed by atoms with Crippen LogP contribution < -0.4 is 10.0 Å². The first-order valence-corrected chi connectivity index (χ1v) is 9.27. The van der Waals surface area contributed by atoms with Crippen LogP contribution in [0.5, 0.6) is 0 Å². The second kappa shape index (κ2) is 7.31.